The van der Waals surface area contributed by atoms with Crippen LogP contribution in [0.3, 0.4) is 0 Å². The fourth-order valence-electron chi connectivity index (χ4n) is 2.81. The van der Waals surface area contributed by atoms with Crippen molar-refractivity contribution in [3.63, 3.8) is 0 Å². The standard InChI is InChI=1S/C17H16N2O/c20-14-5-3-4-12(10-14)11-17-18-15-6-1-2-7-16(15)19(17)13-8-9-13/h1-7,10,13,20H,8-9,11H2. The molecule has 0 spiro atoms. The lowest BCUT2D eigenvalue weighted by Crippen LogP contribution is -2.02. The van der Waals surface area contributed by atoms with Crippen LogP contribution in [-0.4, -0.2) is 14.7 Å². The van der Waals surface area contributed by atoms with Gasteiger partial charge in [-0.1, -0.05) is 24.3 Å². The summed E-state index contributed by atoms with van der Waals surface area (Å²) in [7, 11) is 0. The molecule has 0 atom stereocenters. The highest BCUT2D eigenvalue weighted by atomic mass is 16.3. The molecule has 4 rings (SSSR count). The Labute approximate surface area is 117 Å². The number of aromatic hydroxyl groups is 1. The van der Waals surface area contributed by atoms with E-state index in [2.05, 4.69) is 22.8 Å². The quantitative estimate of drug-likeness (QED) is 0.783. The summed E-state index contributed by atoms with van der Waals surface area (Å²) in [5, 5.41) is 9.59. The number of aromatic nitrogens is 2. The van der Waals surface area contributed by atoms with Crippen LogP contribution in [-0.2, 0) is 6.42 Å². The van der Waals surface area contributed by atoms with Gasteiger partial charge in [0.25, 0.3) is 0 Å². The molecule has 0 bridgehead atoms. The van der Waals surface area contributed by atoms with Crippen LogP contribution in [0.25, 0.3) is 11.0 Å². The Hall–Kier alpha value is -2.29. The number of phenolic OH excluding ortho intramolecular Hbond substituents is 1. The van der Waals surface area contributed by atoms with Crippen molar-refractivity contribution in [2.75, 3.05) is 0 Å². The predicted octanol–water partition coefficient (Wildman–Crippen LogP) is 3.67. The highest BCUT2D eigenvalue weighted by molar-refractivity contribution is 5.76. The Balaban J connectivity index is 1.81. The van der Waals surface area contributed by atoms with Crippen LogP contribution >= 0.6 is 0 Å². The van der Waals surface area contributed by atoms with E-state index in [-0.39, 0.29) is 0 Å². The summed E-state index contributed by atoms with van der Waals surface area (Å²) in [6, 6.07) is 16.4. The van der Waals surface area contributed by atoms with Crippen LogP contribution < -0.4 is 0 Å². The molecule has 3 heteroatoms. The molecule has 0 amide bonds. The lowest BCUT2D eigenvalue weighted by molar-refractivity contribution is 0.474. The second kappa shape index (κ2) is 4.37. The van der Waals surface area contributed by atoms with Gasteiger partial charge in [0, 0.05) is 12.5 Å². The summed E-state index contributed by atoms with van der Waals surface area (Å²) in [6.45, 7) is 0. The maximum absolute atomic E-state index is 9.59. The van der Waals surface area contributed by atoms with Gasteiger partial charge in [0.1, 0.15) is 11.6 Å². The number of hydrogen-bond donors (Lipinski definition) is 1. The molecular weight excluding hydrogens is 248 g/mol. The van der Waals surface area contributed by atoms with Crippen LogP contribution in [0.1, 0.15) is 30.3 Å². The summed E-state index contributed by atoms with van der Waals surface area (Å²) in [5.41, 5.74) is 3.39. The van der Waals surface area contributed by atoms with Crippen LogP contribution in [0.4, 0.5) is 0 Å². The molecule has 3 nitrogen and oxygen atoms in total. The zero-order valence-corrected chi connectivity index (χ0v) is 11.2. The van der Waals surface area contributed by atoms with Crippen molar-refractivity contribution in [3.05, 3.63) is 59.9 Å². The highest BCUT2D eigenvalue weighted by Gasteiger charge is 2.27. The zero-order chi connectivity index (χ0) is 13.5. The molecule has 0 saturated heterocycles. The number of para-hydroxylation sites is 2. The van der Waals surface area contributed by atoms with Gasteiger partial charge in [-0.15, -0.1) is 0 Å². The first kappa shape index (κ1) is 11.5. The molecular formula is C17H16N2O. The Morgan fingerprint density at radius 1 is 1.10 bits per heavy atom. The number of benzene rings is 2. The van der Waals surface area contributed by atoms with Gasteiger partial charge in [0.05, 0.1) is 11.0 Å². The average molecular weight is 264 g/mol. The molecule has 1 fully saturated rings. The normalized spacial score (nSPS) is 14.8. The molecule has 3 aromatic rings. The van der Waals surface area contributed by atoms with E-state index in [0.29, 0.717) is 11.8 Å². The van der Waals surface area contributed by atoms with Gasteiger partial charge < -0.3 is 9.67 Å². The molecule has 1 saturated carbocycles. The summed E-state index contributed by atoms with van der Waals surface area (Å²) < 4.78 is 2.37. The molecule has 2 aromatic carbocycles. The summed E-state index contributed by atoms with van der Waals surface area (Å²) in [5.74, 6) is 1.41. The van der Waals surface area contributed by atoms with Crippen molar-refractivity contribution >= 4 is 11.0 Å². The van der Waals surface area contributed by atoms with Crippen molar-refractivity contribution < 1.29 is 5.11 Å². The fraction of sp³-hybridized carbons (Fsp3) is 0.235. The molecule has 1 aliphatic rings. The van der Waals surface area contributed by atoms with Crippen molar-refractivity contribution in [1.82, 2.24) is 9.55 Å². The number of imidazole rings is 1. The zero-order valence-electron chi connectivity index (χ0n) is 11.2. The van der Waals surface area contributed by atoms with Gasteiger partial charge in [0.15, 0.2) is 0 Å². The first-order valence-electron chi connectivity index (χ1n) is 7.05. The molecule has 1 heterocycles. The minimum Gasteiger partial charge on any atom is -0.508 e. The lowest BCUT2D eigenvalue weighted by Gasteiger charge is -2.07. The van der Waals surface area contributed by atoms with Gasteiger partial charge >= 0.3 is 0 Å². The van der Waals surface area contributed by atoms with E-state index in [9.17, 15) is 5.11 Å². The first-order valence-corrected chi connectivity index (χ1v) is 7.05. The molecule has 0 radical (unpaired) electrons. The summed E-state index contributed by atoms with van der Waals surface area (Å²) >= 11 is 0. The molecule has 1 aromatic heterocycles. The number of nitrogens with zero attached hydrogens (tertiary/aromatic N) is 2. The van der Waals surface area contributed by atoms with Crippen LogP contribution in [0, 0.1) is 0 Å². The van der Waals surface area contributed by atoms with Gasteiger partial charge in [-0.05, 0) is 42.7 Å². The Morgan fingerprint density at radius 3 is 2.75 bits per heavy atom. The largest absolute Gasteiger partial charge is 0.508 e. The van der Waals surface area contributed by atoms with E-state index in [1.165, 1.54) is 18.4 Å². The van der Waals surface area contributed by atoms with E-state index >= 15 is 0 Å². The topological polar surface area (TPSA) is 38.1 Å². The van der Waals surface area contributed by atoms with Crippen LogP contribution in [0.15, 0.2) is 48.5 Å². The molecule has 20 heavy (non-hydrogen) atoms. The SMILES string of the molecule is Oc1cccc(Cc2nc3ccccc3n2C2CC2)c1. The van der Waals surface area contributed by atoms with Crippen molar-refractivity contribution in [1.29, 1.82) is 0 Å². The van der Waals surface area contributed by atoms with Gasteiger partial charge in [0.2, 0.25) is 0 Å². The number of fused-ring (bicyclic) bond motifs is 1. The van der Waals surface area contributed by atoms with Crippen molar-refractivity contribution in [3.8, 4) is 5.75 Å². The maximum atomic E-state index is 9.59. The van der Waals surface area contributed by atoms with Gasteiger partial charge in [-0.2, -0.15) is 0 Å². The Bertz CT molecular complexity index is 772. The third-order valence-corrected chi connectivity index (χ3v) is 3.85. The molecule has 1 aliphatic carbocycles. The van der Waals surface area contributed by atoms with E-state index in [1.54, 1.807) is 6.07 Å². The van der Waals surface area contributed by atoms with Crippen molar-refractivity contribution in [2.24, 2.45) is 0 Å². The molecule has 100 valence electrons. The molecule has 0 unspecified atom stereocenters. The Kier molecular flexibility index (Phi) is 2.52. The smallest absolute Gasteiger partial charge is 0.115 e. The molecule has 0 aliphatic heterocycles. The molecule has 1 N–H and O–H groups in total. The van der Waals surface area contributed by atoms with E-state index < -0.39 is 0 Å². The minimum absolute atomic E-state index is 0.316. The minimum atomic E-state index is 0.316. The second-order valence-electron chi connectivity index (χ2n) is 5.46. The van der Waals surface area contributed by atoms with Crippen LogP contribution in [0.5, 0.6) is 5.75 Å². The van der Waals surface area contributed by atoms with Gasteiger partial charge in [-0.3, -0.25) is 0 Å². The summed E-state index contributed by atoms with van der Waals surface area (Å²) in [4.78, 5) is 4.78. The Morgan fingerprint density at radius 2 is 1.95 bits per heavy atom. The number of rotatable bonds is 3. The second-order valence-corrected chi connectivity index (χ2v) is 5.46. The van der Waals surface area contributed by atoms with E-state index in [0.717, 1.165) is 23.3 Å². The maximum Gasteiger partial charge on any atom is 0.115 e. The lowest BCUT2D eigenvalue weighted by atomic mass is 10.1. The first-order chi connectivity index (χ1) is 9.81. The van der Waals surface area contributed by atoms with Crippen LogP contribution in [0.2, 0.25) is 0 Å². The highest BCUT2D eigenvalue weighted by Crippen LogP contribution is 2.39. The monoisotopic (exact) mass is 264 g/mol. The van der Waals surface area contributed by atoms with E-state index in [1.807, 2.05) is 24.3 Å². The predicted molar refractivity (Wildman–Crippen MR) is 78.9 cm³/mol. The fourth-order valence-corrected chi connectivity index (χ4v) is 2.81. The average Bonchev–Trinajstić information content (AvgIpc) is 3.20. The summed E-state index contributed by atoms with van der Waals surface area (Å²) in [6.07, 6.45) is 3.25. The third-order valence-electron chi connectivity index (χ3n) is 3.85. The number of hydrogen-bond acceptors (Lipinski definition) is 2. The third kappa shape index (κ3) is 1.95. The number of phenols is 1. The van der Waals surface area contributed by atoms with Crippen molar-refractivity contribution in [2.45, 2.75) is 25.3 Å². The van der Waals surface area contributed by atoms with Gasteiger partial charge in [-0.25, -0.2) is 4.98 Å². The van der Waals surface area contributed by atoms with E-state index in [4.69, 9.17) is 4.98 Å².